The van der Waals surface area contributed by atoms with Crippen molar-refractivity contribution in [2.24, 2.45) is 0 Å². The molecule has 1 N–H and O–H groups in total. The van der Waals surface area contributed by atoms with E-state index in [1.165, 1.54) is 0 Å². The molecule has 0 aromatic heterocycles. The van der Waals surface area contributed by atoms with Gasteiger partial charge in [-0.25, -0.2) is 8.42 Å². The van der Waals surface area contributed by atoms with Crippen molar-refractivity contribution in [3.63, 3.8) is 0 Å². The molecule has 0 saturated heterocycles. The number of esters is 1. The van der Waals surface area contributed by atoms with Crippen molar-refractivity contribution in [2.75, 3.05) is 25.4 Å². The lowest BCUT2D eigenvalue weighted by atomic mass is 10.5. The maximum absolute atomic E-state index is 11.6. The maximum atomic E-state index is 11.6. The van der Waals surface area contributed by atoms with Crippen LogP contribution in [0.5, 0.6) is 0 Å². The number of aliphatic carboxylic acids is 1. The Morgan fingerprint density at radius 1 is 1.29 bits per heavy atom. The minimum Gasteiger partial charge on any atom is -0.480 e. The highest BCUT2D eigenvalue weighted by Gasteiger charge is 2.26. The lowest BCUT2D eigenvalue weighted by molar-refractivity contribution is -0.143. The molecule has 0 aliphatic heterocycles. The number of carbonyl (C=O) groups is 2. The quantitative estimate of drug-likeness (QED) is 0.605. The van der Waals surface area contributed by atoms with E-state index in [1.54, 1.807) is 13.8 Å². The summed E-state index contributed by atoms with van der Waals surface area (Å²) in [6.07, 6.45) is 0.484. The van der Waals surface area contributed by atoms with Crippen molar-refractivity contribution in [1.29, 1.82) is 0 Å². The van der Waals surface area contributed by atoms with E-state index in [2.05, 4.69) is 4.74 Å². The molecule has 0 bridgehead atoms. The van der Waals surface area contributed by atoms with E-state index < -0.39 is 34.3 Å². The second kappa shape index (κ2) is 7.23. The van der Waals surface area contributed by atoms with Gasteiger partial charge in [0.1, 0.15) is 6.54 Å². The van der Waals surface area contributed by atoms with E-state index in [1.807, 2.05) is 0 Å². The first-order valence-corrected chi connectivity index (χ1v) is 6.79. The Morgan fingerprint density at radius 2 is 1.88 bits per heavy atom. The summed E-state index contributed by atoms with van der Waals surface area (Å²) < 4.78 is 28.7. The highest BCUT2D eigenvalue weighted by Crippen LogP contribution is 2.03. The van der Waals surface area contributed by atoms with Gasteiger partial charge >= 0.3 is 11.9 Å². The summed E-state index contributed by atoms with van der Waals surface area (Å²) in [6.45, 7) is 3.13. The molecule has 0 amide bonds. The number of hydrogen-bond donors (Lipinski definition) is 1. The summed E-state index contributed by atoms with van der Waals surface area (Å²) in [6, 6.07) is 0. The number of rotatable bonds is 8. The first-order valence-electron chi connectivity index (χ1n) is 5.18. The molecule has 0 heterocycles. The first-order chi connectivity index (χ1) is 7.83. The fourth-order valence-corrected chi connectivity index (χ4v) is 2.42. The summed E-state index contributed by atoms with van der Waals surface area (Å²) in [7, 11) is -3.96. The van der Waals surface area contributed by atoms with Crippen LogP contribution in [0.3, 0.4) is 0 Å². The average molecular weight is 267 g/mol. The maximum Gasteiger partial charge on any atom is 0.321 e. The van der Waals surface area contributed by atoms with E-state index in [0.717, 1.165) is 4.31 Å². The van der Waals surface area contributed by atoms with Gasteiger partial charge in [-0.3, -0.25) is 9.59 Å². The van der Waals surface area contributed by atoms with Crippen LogP contribution in [0.2, 0.25) is 0 Å². The summed E-state index contributed by atoms with van der Waals surface area (Å²) in [5.74, 6) is -3.16. The van der Waals surface area contributed by atoms with Crippen LogP contribution >= 0.6 is 0 Å². The SMILES string of the molecule is CCCN(CC(=O)OCC)S(=O)(=O)CC(=O)O. The monoisotopic (exact) mass is 267 g/mol. The van der Waals surface area contributed by atoms with Gasteiger partial charge in [-0.05, 0) is 13.3 Å². The molecule has 0 aliphatic rings. The van der Waals surface area contributed by atoms with Crippen molar-refractivity contribution >= 4 is 22.0 Å². The molecule has 17 heavy (non-hydrogen) atoms. The van der Waals surface area contributed by atoms with Crippen molar-refractivity contribution in [3.8, 4) is 0 Å². The predicted octanol–water partition coefficient (Wildman–Crippen LogP) is -0.324. The molecule has 0 aliphatic carbocycles. The van der Waals surface area contributed by atoms with Gasteiger partial charge in [-0.1, -0.05) is 6.92 Å². The van der Waals surface area contributed by atoms with Crippen LogP contribution in [0, 0.1) is 0 Å². The van der Waals surface area contributed by atoms with Gasteiger partial charge in [0.15, 0.2) is 5.75 Å². The third-order valence-corrected chi connectivity index (χ3v) is 3.49. The number of carboxylic acid groups (broad SMARTS) is 1. The number of carboxylic acids is 1. The first kappa shape index (κ1) is 15.9. The van der Waals surface area contributed by atoms with E-state index >= 15 is 0 Å². The summed E-state index contributed by atoms with van der Waals surface area (Å²) in [4.78, 5) is 21.6. The second-order valence-corrected chi connectivity index (χ2v) is 5.26. The third-order valence-electron chi connectivity index (χ3n) is 1.78. The van der Waals surface area contributed by atoms with Crippen LogP contribution < -0.4 is 0 Å². The highest BCUT2D eigenvalue weighted by molar-refractivity contribution is 7.89. The molecule has 7 nitrogen and oxygen atoms in total. The molecular formula is C9H17NO6S. The minimum absolute atomic E-state index is 0.0917. The normalized spacial score (nSPS) is 11.5. The number of ether oxygens (including phenoxy) is 1. The Kier molecular flexibility index (Phi) is 6.74. The van der Waals surface area contributed by atoms with Crippen LogP contribution in [0.1, 0.15) is 20.3 Å². The van der Waals surface area contributed by atoms with Gasteiger partial charge < -0.3 is 9.84 Å². The Hall–Kier alpha value is -1.15. The Morgan fingerprint density at radius 3 is 2.29 bits per heavy atom. The molecule has 0 spiro atoms. The molecule has 8 heteroatoms. The zero-order chi connectivity index (χ0) is 13.5. The van der Waals surface area contributed by atoms with E-state index in [9.17, 15) is 18.0 Å². The smallest absolute Gasteiger partial charge is 0.321 e. The van der Waals surface area contributed by atoms with Crippen molar-refractivity contribution in [3.05, 3.63) is 0 Å². The molecule has 0 rings (SSSR count). The third kappa shape index (κ3) is 6.22. The Bertz CT molecular complexity index is 364. The molecule has 0 unspecified atom stereocenters. The van der Waals surface area contributed by atoms with Crippen molar-refractivity contribution in [1.82, 2.24) is 4.31 Å². The van der Waals surface area contributed by atoms with Crippen molar-refractivity contribution in [2.45, 2.75) is 20.3 Å². The Balaban J connectivity index is 4.72. The molecule has 0 aromatic rings. The summed E-state index contributed by atoms with van der Waals surface area (Å²) in [5.41, 5.74) is 0. The topological polar surface area (TPSA) is 101 Å². The van der Waals surface area contributed by atoms with Gasteiger partial charge in [-0.2, -0.15) is 4.31 Å². The zero-order valence-corrected chi connectivity index (χ0v) is 10.7. The molecular weight excluding hydrogens is 250 g/mol. The van der Waals surface area contributed by atoms with Gasteiger partial charge in [-0.15, -0.1) is 0 Å². The van der Waals surface area contributed by atoms with Gasteiger partial charge in [0, 0.05) is 6.54 Å². The van der Waals surface area contributed by atoms with E-state index in [4.69, 9.17) is 5.11 Å². The predicted molar refractivity (Wildman–Crippen MR) is 59.9 cm³/mol. The van der Waals surface area contributed by atoms with Gasteiger partial charge in [0.25, 0.3) is 0 Å². The summed E-state index contributed by atoms with van der Waals surface area (Å²) in [5, 5.41) is 8.48. The van der Waals surface area contributed by atoms with E-state index in [0.29, 0.717) is 6.42 Å². The van der Waals surface area contributed by atoms with Crippen LogP contribution in [0.4, 0.5) is 0 Å². The van der Waals surface area contributed by atoms with Gasteiger partial charge in [0.2, 0.25) is 10.0 Å². The molecule has 0 aromatic carbocycles. The fraction of sp³-hybridized carbons (Fsp3) is 0.778. The van der Waals surface area contributed by atoms with Gasteiger partial charge in [0.05, 0.1) is 6.61 Å². The average Bonchev–Trinajstić information content (AvgIpc) is 2.15. The lowest BCUT2D eigenvalue weighted by Gasteiger charge is -2.19. The summed E-state index contributed by atoms with van der Waals surface area (Å²) >= 11 is 0. The number of hydrogen-bond acceptors (Lipinski definition) is 5. The largest absolute Gasteiger partial charge is 0.480 e. The zero-order valence-electron chi connectivity index (χ0n) is 9.88. The fourth-order valence-electron chi connectivity index (χ4n) is 1.16. The van der Waals surface area contributed by atoms with Crippen LogP contribution in [0.25, 0.3) is 0 Å². The minimum atomic E-state index is -3.96. The van der Waals surface area contributed by atoms with Crippen molar-refractivity contribution < 1.29 is 27.9 Å². The molecule has 0 atom stereocenters. The highest BCUT2D eigenvalue weighted by atomic mass is 32.2. The molecule has 0 radical (unpaired) electrons. The van der Waals surface area contributed by atoms with Crippen LogP contribution in [0.15, 0.2) is 0 Å². The second-order valence-electron chi connectivity index (χ2n) is 3.29. The van der Waals surface area contributed by atoms with Crippen LogP contribution in [-0.2, 0) is 24.3 Å². The van der Waals surface area contributed by atoms with E-state index in [-0.39, 0.29) is 13.2 Å². The Labute approximate surface area is 100 Å². The van der Waals surface area contributed by atoms with Crippen LogP contribution in [-0.4, -0.2) is 55.2 Å². The number of sulfonamides is 1. The lowest BCUT2D eigenvalue weighted by Crippen LogP contribution is -2.40. The molecule has 0 saturated carbocycles. The number of nitrogens with zero attached hydrogens (tertiary/aromatic N) is 1. The molecule has 0 fully saturated rings. The number of carbonyl (C=O) groups excluding carboxylic acids is 1. The standard InChI is InChI=1S/C9H17NO6S/c1-3-5-10(6-9(13)16-4-2)17(14,15)7-8(11)12/h3-7H2,1-2H3,(H,11,12). The molecule has 100 valence electrons.